The molecule has 0 aromatic heterocycles. The lowest BCUT2D eigenvalue weighted by Crippen LogP contribution is -2.50. The number of rotatable bonds is 18. The Morgan fingerprint density at radius 2 is 1.96 bits per heavy atom. The number of carboxylic acid groups (broad SMARTS) is 1. The highest BCUT2D eigenvalue weighted by Gasteiger charge is 2.23. The van der Waals surface area contributed by atoms with Gasteiger partial charge in [-0.3, -0.25) is 4.79 Å². The number of quaternary nitrogens is 1. The van der Waals surface area contributed by atoms with Gasteiger partial charge in [-0.05, 0) is 19.2 Å². The zero-order valence-electron chi connectivity index (χ0n) is 16.0. The molecule has 2 atom stereocenters. The summed E-state index contributed by atoms with van der Waals surface area (Å²) in [6.07, 6.45) is 2.30. The quantitative estimate of drug-likeness (QED) is 0.0910. The highest BCUT2D eigenvalue weighted by atomic mass is 16.4. The maximum absolute atomic E-state index is 11.3. The molecule has 0 aromatic rings. The molecule has 0 aromatic carbocycles. The van der Waals surface area contributed by atoms with Crippen LogP contribution in [0.1, 0.15) is 12.8 Å². The van der Waals surface area contributed by atoms with Crippen LogP contribution in [0, 0.1) is 0 Å². The third-order valence-electron chi connectivity index (χ3n) is 4.14. The number of hydrogen-bond acceptors (Lipinski definition) is 7. The summed E-state index contributed by atoms with van der Waals surface area (Å²) in [5.41, 5.74) is 5.35. The Balaban J connectivity index is 4.39. The van der Waals surface area contributed by atoms with E-state index < -0.39 is 12.0 Å². The summed E-state index contributed by atoms with van der Waals surface area (Å²) in [6.45, 7) is 3.87. The van der Waals surface area contributed by atoms with Crippen LogP contribution in [0.25, 0.3) is 0 Å². The van der Waals surface area contributed by atoms with Crippen molar-refractivity contribution in [1.29, 1.82) is 0 Å². The van der Waals surface area contributed by atoms with Crippen LogP contribution in [-0.2, 0) is 18.8 Å². The highest BCUT2D eigenvalue weighted by molar-refractivity contribution is 6.27. The molecule has 0 radical (unpaired) electrons. The van der Waals surface area contributed by atoms with Gasteiger partial charge < -0.3 is 39.7 Å². The fourth-order valence-electron chi connectivity index (χ4n) is 2.66. The average molecular weight is 359 g/mol. The zero-order chi connectivity index (χ0) is 19.0. The summed E-state index contributed by atoms with van der Waals surface area (Å²) in [4.78, 5) is 11.3. The Morgan fingerprint density at radius 1 is 1.24 bits per heavy atom. The van der Waals surface area contributed by atoms with E-state index in [1.165, 1.54) is 7.11 Å². The summed E-state index contributed by atoms with van der Waals surface area (Å²) < 4.78 is 16.0. The normalized spacial score (nSPS) is 14.6. The predicted molar refractivity (Wildman–Crippen MR) is 103 cm³/mol. The number of likely N-dealkylation sites (N-methyl/N-ethyl adjacent to an activating group) is 1. The van der Waals surface area contributed by atoms with Crippen molar-refractivity contribution in [3.63, 3.8) is 0 Å². The second-order valence-electron chi connectivity index (χ2n) is 6.32. The van der Waals surface area contributed by atoms with Gasteiger partial charge in [0.25, 0.3) is 7.48 Å². The molecular weight excluding hydrogens is 325 g/mol. The zero-order valence-corrected chi connectivity index (χ0v) is 16.0. The van der Waals surface area contributed by atoms with Crippen LogP contribution in [-0.4, -0.2) is 98.5 Å². The van der Waals surface area contributed by atoms with Crippen molar-refractivity contribution in [1.82, 2.24) is 10.5 Å². The van der Waals surface area contributed by atoms with E-state index in [-0.39, 0.29) is 14.3 Å². The highest BCUT2D eigenvalue weighted by Crippen LogP contribution is 2.09. The second kappa shape index (κ2) is 15.6. The van der Waals surface area contributed by atoms with Gasteiger partial charge in [-0.2, -0.15) is 0 Å². The van der Waals surface area contributed by atoms with Crippen molar-refractivity contribution in [2.75, 3.05) is 54.2 Å². The number of hydrogen-bond donors (Lipinski definition) is 4. The van der Waals surface area contributed by atoms with E-state index in [2.05, 4.69) is 17.5 Å². The molecule has 12 heteroatoms. The molecule has 0 amide bonds. The van der Waals surface area contributed by atoms with Gasteiger partial charge in [0.2, 0.25) is 0 Å². The van der Waals surface area contributed by atoms with E-state index >= 15 is 0 Å². The Labute approximate surface area is 153 Å². The van der Waals surface area contributed by atoms with Gasteiger partial charge in [-0.25, -0.2) is 0 Å². The van der Waals surface area contributed by atoms with Crippen LogP contribution in [0.5, 0.6) is 0 Å². The Morgan fingerprint density at radius 3 is 2.56 bits per heavy atom. The van der Waals surface area contributed by atoms with E-state index in [0.29, 0.717) is 21.5 Å². The Kier molecular flexibility index (Phi) is 15.2. The van der Waals surface area contributed by atoms with E-state index in [1.54, 1.807) is 7.11 Å². The maximum Gasteiger partial charge on any atom is 0.361 e. The number of aliphatic carboxylic acids is 1. The third kappa shape index (κ3) is 13.3. The standard InChI is InChI=1S/C13H33B3N4O5/c1-20(9-6-14-25-11-17,10-7-18-15-23-2)8-4-5-12(13(21)22)19-16-24-3/h12,14-16,18-19H,4-11,17H2,1-3H3/p+1/t12-,20?/m0/s1. The number of nitrogens with two attached hydrogens (primary N) is 1. The van der Waals surface area contributed by atoms with Gasteiger partial charge in [-0.1, -0.05) is 0 Å². The number of nitrogens with one attached hydrogen (secondary N) is 2. The molecule has 0 spiro atoms. The summed E-state index contributed by atoms with van der Waals surface area (Å²) in [5.74, 6) is -0.843. The van der Waals surface area contributed by atoms with Crippen molar-refractivity contribution in [3.05, 3.63) is 0 Å². The minimum Gasteiger partial charge on any atom is -0.480 e. The molecule has 0 bridgehead atoms. The smallest absolute Gasteiger partial charge is 0.361 e. The summed E-state index contributed by atoms with van der Waals surface area (Å²) in [7, 11) is 6.79. The van der Waals surface area contributed by atoms with Crippen molar-refractivity contribution < 1.29 is 28.3 Å². The molecule has 0 heterocycles. The molecule has 9 nitrogen and oxygen atoms in total. The molecule has 0 aliphatic carbocycles. The van der Waals surface area contributed by atoms with Crippen molar-refractivity contribution in [2.24, 2.45) is 5.73 Å². The number of nitrogens with zero attached hydrogens (tertiary/aromatic N) is 1. The molecule has 0 saturated heterocycles. The molecule has 0 saturated carbocycles. The molecular formula is C13H34B3N4O5+. The fraction of sp³-hybridized carbons (Fsp3) is 0.923. The lowest BCUT2D eigenvalue weighted by atomic mass is 9.94. The first-order chi connectivity index (χ1) is 12.0. The Bertz CT molecular complexity index is 333. The second-order valence-corrected chi connectivity index (χ2v) is 6.32. The van der Waals surface area contributed by atoms with E-state index in [1.807, 2.05) is 0 Å². The minimum atomic E-state index is -0.843. The monoisotopic (exact) mass is 359 g/mol. The van der Waals surface area contributed by atoms with E-state index in [9.17, 15) is 9.90 Å². The molecule has 5 N–H and O–H groups in total. The van der Waals surface area contributed by atoms with Gasteiger partial charge in [0.05, 0.1) is 39.5 Å². The first kappa shape index (κ1) is 24.4. The third-order valence-corrected chi connectivity index (χ3v) is 4.14. The topological polar surface area (TPSA) is 115 Å². The molecule has 25 heavy (non-hydrogen) atoms. The largest absolute Gasteiger partial charge is 0.480 e. The van der Waals surface area contributed by atoms with Crippen molar-refractivity contribution >= 4 is 28.7 Å². The summed E-state index contributed by atoms with van der Waals surface area (Å²) in [5, 5.41) is 15.4. The molecule has 1 unspecified atom stereocenters. The van der Waals surface area contributed by atoms with Crippen molar-refractivity contribution in [2.45, 2.75) is 25.2 Å². The van der Waals surface area contributed by atoms with E-state index in [0.717, 1.165) is 43.4 Å². The first-order valence-electron chi connectivity index (χ1n) is 8.75. The van der Waals surface area contributed by atoms with Gasteiger partial charge in [-0.15, -0.1) is 0 Å². The van der Waals surface area contributed by atoms with E-state index in [4.69, 9.17) is 19.7 Å². The van der Waals surface area contributed by atoms with Crippen LogP contribution in [0.2, 0.25) is 6.32 Å². The fourth-order valence-corrected chi connectivity index (χ4v) is 2.66. The average Bonchev–Trinajstić information content (AvgIpc) is 2.58. The number of carbonyl (C=O) groups is 1. The lowest BCUT2D eigenvalue weighted by molar-refractivity contribution is -0.906. The molecule has 144 valence electrons. The van der Waals surface area contributed by atoms with Gasteiger partial charge >= 0.3 is 21.2 Å². The summed E-state index contributed by atoms with van der Waals surface area (Å²) >= 11 is 0. The molecule has 0 fully saturated rings. The maximum atomic E-state index is 11.3. The van der Waals surface area contributed by atoms with Gasteiger partial charge in [0.1, 0.15) is 0 Å². The van der Waals surface area contributed by atoms with Crippen LogP contribution < -0.4 is 16.2 Å². The number of carboxylic acids is 1. The van der Waals surface area contributed by atoms with Crippen molar-refractivity contribution in [3.8, 4) is 0 Å². The first-order valence-corrected chi connectivity index (χ1v) is 8.75. The molecule has 0 aliphatic heterocycles. The van der Waals surface area contributed by atoms with Crippen LogP contribution in [0.3, 0.4) is 0 Å². The van der Waals surface area contributed by atoms with Crippen LogP contribution >= 0.6 is 0 Å². The van der Waals surface area contributed by atoms with Crippen LogP contribution in [0.15, 0.2) is 0 Å². The van der Waals surface area contributed by atoms with Gasteiger partial charge in [0.15, 0.2) is 0 Å². The molecule has 0 rings (SSSR count). The Hall–Kier alpha value is -0.615. The molecule has 0 aliphatic rings. The summed E-state index contributed by atoms with van der Waals surface area (Å²) in [6, 6.07) is -0.583. The minimum absolute atomic E-state index is 0.237. The lowest BCUT2D eigenvalue weighted by Gasteiger charge is -2.35. The van der Waals surface area contributed by atoms with Crippen LogP contribution in [0.4, 0.5) is 0 Å². The predicted octanol–water partition coefficient (Wildman–Crippen LogP) is -2.63. The SMILES string of the molecule is COBNCC[N+](C)(CCBOCN)CCC[C@H](NBOC)C(=O)O. The van der Waals surface area contributed by atoms with Gasteiger partial charge in [0, 0.05) is 20.8 Å².